The van der Waals surface area contributed by atoms with Crippen molar-refractivity contribution in [3.8, 4) is 0 Å². The third-order valence-corrected chi connectivity index (χ3v) is 1.67. The van der Waals surface area contributed by atoms with E-state index in [1.807, 2.05) is 6.92 Å². The van der Waals surface area contributed by atoms with Gasteiger partial charge in [-0.3, -0.25) is 0 Å². The molecule has 0 spiro atoms. The van der Waals surface area contributed by atoms with Crippen LogP contribution in [0.4, 0.5) is 4.79 Å². The van der Waals surface area contributed by atoms with Crippen LogP contribution < -0.4 is 10.6 Å². The van der Waals surface area contributed by atoms with E-state index in [0.29, 0.717) is 6.54 Å². The molecule has 1 aliphatic heterocycles. The highest BCUT2D eigenvalue weighted by atomic mass is 16.2. The maximum atomic E-state index is 11.2. The Kier molecular flexibility index (Phi) is 3.16. The van der Waals surface area contributed by atoms with Crippen LogP contribution in [0.2, 0.25) is 0 Å². The zero-order valence-corrected chi connectivity index (χ0v) is 6.84. The van der Waals surface area contributed by atoms with Crippen LogP contribution in [0, 0.1) is 0 Å². The van der Waals surface area contributed by atoms with Crippen LogP contribution in [0.1, 0.15) is 6.92 Å². The number of carbonyl (C=O) groups excluding carboxylic acids is 1. The van der Waals surface area contributed by atoms with Crippen LogP contribution >= 0.6 is 0 Å². The first kappa shape index (κ1) is 8.33. The highest BCUT2D eigenvalue weighted by Crippen LogP contribution is 1.92. The van der Waals surface area contributed by atoms with Gasteiger partial charge in [0.25, 0.3) is 0 Å². The molecule has 0 aromatic carbocycles. The van der Waals surface area contributed by atoms with E-state index in [-0.39, 0.29) is 6.03 Å². The fourth-order valence-electron chi connectivity index (χ4n) is 1.07. The molecule has 0 saturated carbocycles. The van der Waals surface area contributed by atoms with E-state index < -0.39 is 0 Å². The lowest BCUT2D eigenvalue weighted by Crippen LogP contribution is -2.48. The van der Waals surface area contributed by atoms with Crippen LogP contribution in [0.25, 0.3) is 0 Å². The topological polar surface area (TPSA) is 46.4 Å². The van der Waals surface area contributed by atoms with Crippen molar-refractivity contribution in [2.75, 3.05) is 32.7 Å². The number of nitrogens with one attached hydrogen (secondary N) is 1. The maximum absolute atomic E-state index is 11.2. The molecule has 1 heterocycles. The van der Waals surface area contributed by atoms with Gasteiger partial charge in [-0.25, -0.2) is 10.1 Å². The molecule has 2 amide bonds. The van der Waals surface area contributed by atoms with Gasteiger partial charge >= 0.3 is 6.03 Å². The molecule has 0 aliphatic carbocycles. The third-order valence-electron chi connectivity index (χ3n) is 1.67. The molecule has 1 saturated heterocycles. The van der Waals surface area contributed by atoms with Crippen molar-refractivity contribution in [2.45, 2.75) is 6.92 Å². The number of nitrogens with zero attached hydrogens (tertiary/aromatic N) is 2. The number of piperazine rings is 1. The van der Waals surface area contributed by atoms with Crippen molar-refractivity contribution in [3.05, 3.63) is 0 Å². The van der Waals surface area contributed by atoms with Crippen molar-refractivity contribution >= 4 is 6.03 Å². The van der Waals surface area contributed by atoms with E-state index >= 15 is 0 Å². The zero-order chi connectivity index (χ0) is 8.10. The van der Waals surface area contributed by atoms with E-state index in [1.54, 1.807) is 4.90 Å². The normalized spacial score (nSPS) is 18.1. The lowest BCUT2D eigenvalue weighted by Gasteiger charge is -2.26. The van der Waals surface area contributed by atoms with Gasteiger partial charge in [0.1, 0.15) is 0 Å². The summed E-state index contributed by atoms with van der Waals surface area (Å²) in [4.78, 5) is 13.0. The summed E-state index contributed by atoms with van der Waals surface area (Å²) >= 11 is 0. The molecule has 0 atom stereocenters. The highest BCUT2D eigenvalue weighted by molar-refractivity contribution is 5.74. The molecule has 63 valence electrons. The van der Waals surface area contributed by atoms with E-state index in [2.05, 4.69) is 10.6 Å². The number of urea groups is 1. The predicted octanol–water partition coefficient (Wildman–Crippen LogP) is -0.364. The number of hydrogen-bond acceptors (Lipinski definition) is 1. The quantitative estimate of drug-likeness (QED) is 0.553. The van der Waals surface area contributed by atoms with E-state index in [4.69, 9.17) is 0 Å². The molecule has 1 fully saturated rings. The van der Waals surface area contributed by atoms with Gasteiger partial charge < -0.3 is 10.2 Å². The monoisotopic (exact) mass is 156 g/mol. The fourth-order valence-corrected chi connectivity index (χ4v) is 1.07. The summed E-state index contributed by atoms with van der Waals surface area (Å²) in [6.45, 7) is 5.74. The largest absolute Gasteiger partial charge is 0.338 e. The Bertz CT molecular complexity index is 132. The second-order valence-corrected chi connectivity index (χ2v) is 2.49. The van der Waals surface area contributed by atoms with Crippen LogP contribution in [-0.4, -0.2) is 43.7 Å². The zero-order valence-electron chi connectivity index (χ0n) is 6.84. The van der Waals surface area contributed by atoms with Crippen molar-refractivity contribution in [2.24, 2.45) is 0 Å². The summed E-state index contributed by atoms with van der Waals surface area (Å²) in [5.41, 5.74) is 0. The Balaban J connectivity index is 2.27. The van der Waals surface area contributed by atoms with Crippen LogP contribution in [0.5, 0.6) is 0 Å². The molecule has 4 heteroatoms. The van der Waals surface area contributed by atoms with Gasteiger partial charge in [0.2, 0.25) is 0 Å². The summed E-state index contributed by atoms with van der Waals surface area (Å²) in [6.07, 6.45) is 0. The number of rotatable bonds is 1. The minimum atomic E-state index is 0.0439. The van der Waals surface area contributed by atoms with Crippen LogP contribution in [0.3, 0.4) is 0 Å². The third kappa shape index (κ3) is 2.38. The Morgan fingerprint density at radius 3 is 2.73 bits per heavy atom. The molecular weight excluding hydrogens is 142 g/mol. The maximum Gasteiger partial charge on any atom is 0.317 e. The molecule has 0 aromatic heterocycles. The van der Waals surface area contributed by atoms with Crippen LogP contribution in [0.15, 0.2) is 0 Å². The van der Waals surface area contributed by atoms with Gasteiger partial charge in [0.05, 0.1) is 0 Å². The van der Waals surface area contributed by atoms with E-state index in [1.165, 1.54) is 0 Å². The van der Waals surface area contributed by atoms with Gasteiger partial charge in [-0.2, -0.15) is 0 Å². The Labute approximate surface area is 66.9 Å². The standard InChI is InChI=1S/C7H14N3O/c1-2-9-7(11)10-5-3-8-4-6-10/h2-6H2,1H3,(H,9,11). The lowest BCUT2D eigenvalue weighted by atomic mass is 10.4. The van der Waals surface area contributed by atoms with Crippen molar-refractivity contribution in [3.63, 3.8) is 0 Å². The molecule has 0 bridgehead atoms. The van der Waals surface area contributed by atoms with Crippen molar-refractivity contribution in [1.29, 1.82) is 0 Å². The molecule has 11 heavy (non-hydrogen) atoms. The number of amides is 2. The molecule has 1 radical (unpaired) electrons. The van der Waals surface area contributed by atoms with Crippen LogP contribution in [-0.2, 0) is 0 Å². The average Bonchev–Trinajstić information content (AvgIpc) is 2.07. The summed E-state index contributed by atoms with van der Waals surface area (Å²) in [5.74, 6) is 0. The van der Waals surface area contributed by atoms with Crippen molar-refractivity contribution in [1.82, 2.24) is 15.5 Å². The first-order chi connectivity index (χ1) is 5.34. The minimum Gasteiger partial charge on any atom is -0.338 e. The molecule has 0 unspecified atom stereocenters. The summed E-state index contributed by atoms with van der Waals surface area (Å²) < 4.78 is 0. The second kappa shape index (κ2) is 4.18. The molecule has 1 N–H and O–H groups in total. The Hall–Kier alpha value is -0.770. The average molecular weight is 156 g/mol. The SMILES string of the molecule is CCNC(=O)N1CC[N]CC1. The Morgan fingerprint density at radius 1 is 1.55 bits per heavy atom. The smallest absolute Gasteiger partial charge is 0.317 e. The summed E-state index contributed by atoms with van der Waals surface area (Å²) in [5, 5.41) is 6.91. The first-order valence-corrected chi connectivity index (χ1v) is 4.00. The second-order valence-electron chi connectivity index (χ2n) is 2.49. The Morgan fingerprint density at radius 2 is 2.18 bits per heavy atom. The molecule has 4 nitrogen and oxygen atoms in total. The van der Waals surface area contributed by atoms with Crippen molar-refractivity contribution < 1.29 is 4.79 Å². The van der Waals surface area contributed by atoms with Gasteiger partial charge in [0, 0.05) is 32.7 Å². The van der Waals surface area contributed by atoms with Gasteiger partial charge in [-0.05, 0) is 6.92 Å². The van der Waals surface area contributed by atoms with E-state index in [9.17, 15) is 4.79 Å². The van der Waals surface area contributed by atoms with Gasteiger partial charge in [-0.15, -0.1) is 0 Å². The molecule has 1 rings (SSSR count). The molecular formula is C7H14N3O. The fraction of sp³-hybridized carbons (Fsp3) is 0.857. The highest BCUT2D eigenvalue weighted by Gasteiger charge is 2.14. The van der Waals surface area contributed by atoms with Gasteiger partial charge in [-0.1, -0.05) is 0 Å². The lowest BCUT2D eigenvalue weighted by molar-refractivity contribution is 0.190. The first-order valence-electron chi connectivity index (χ1n) is 4.00. The predicted molar refractivity (Wildman–Crippen MR) is 42.5 cm³/mol. The number of hydrogen-bond donors (Lipinski definition) is 1. The van der Waals surface area contributed by atoms with Gasteiger partial charge in [0.15, 0.2) is 0 Å². The number of carbonyl (C=O) groups is 1. The van der Waals surface area contributed by atoms with E-state index in [0.717, 1.165) is 26.2 Å². The molecule has 1 aliphatic rings. The summed E-state index contributed by atoms with van der Waals surface area (Å²) in [7, 11) is 0. The molecule has 0 aromatic rings. The minimum absolute atomic E-state index is 0.0439. The summed E-state index contributed by atoms with van der Waals surface area (Å²) in [6, 6.07) is 0.0439.